The molecular formula is C21H29F5Si. The molecule has 0 spiro atoms. The van der Waals surface area contributed by atoms with Crippen molar-refractivity contribution in [3.05, 3.63) is 35.1 Å². The number of alkyl halides is 4. The summed E-state index contributed by atoms with van der Waals surface area (Å²) in [5, 5.41) is 0. The van der Waals surface area contributed by atoms with E-state index in [4.69, 9.17) is 0 Å². The molecule has 0 heterocycles. The van der Waals surface area contributed by atoms with E-state index in [9.17, 15) is 22.0 Å². The summed E-state index contributed by atoms with van der Waals surface area (Å²) in [4.78, 5) is 0. The summed E-state index contributed by atoms with van der Waals surface area (Å²) in [6, 6.07) is 4.26. The van der Waals surface area contributed by atoms with Gasteiger partial charge in [-0.1, -0.05) is 37.3 Å². The SMILES string of the molecule is FCC[SiH2][C@H]1CC[C@H]([C@H]2CC[C@H](c3ccc(C(F)(F)F)c(F)c3)CC2)CC1. The van der Waals surface area contributed by atoms with Gasteiger partial charge in [-0.25, -0.2) is 4.39 Å². The average Bonchev–Trinajstić information content (AvgIpc) is 2.66. The van der Waals surface area contributed by atoms with Gasteiger partial charge >= 0.3 is 6.18 Å². The summed E-state index contributed by atoms with van der Waals surface area (Å²) in [6.45, 7) is -0.152. The standard InChI is InChI=1S/C21H29F5Si/c22-11-12-27-18-8-5-15(6-9-18)14-1-3-16(4-2-14)17-7-10-19(20(23)13-17)21(24,25)26/h7,10,13-16,18H,1-6,8-9,11-12,27H2/t14-,15-,16-,18-. The molecule has 2 aliphatic rings. The van der Waals surface area contributed by atoms with Crippen LogP contribution in [0, 0.1) is 17.7 Å². The van der Waals surface area contributed by atoms with E-state index in [2.05, 4.69) is 0 Å². The minimum atomic E-state index is -4.63. The Labute approximate surface area is 160 Å². The summed E-state index contributed by atoms with van der Waals surface area (Å²) < 4.78 is 64.4. The average molecular weight is 405 g/mol. The Morgan fingerprint density at radius 3 is 2.00 bits per heavy atom. The van der Waals surface area contributed by atoms with Crippen molar-refractivity contribution in [1.82, 2.24) is 0 Å². The van der Waals surface area contributed by atoms with Crippen LogP contribution in [0.1, 0.15) is 68.4 Å². The molecule has 1 aromatic carbocycles. The monoisotopic (exact) mass is 404 g/mol. The molecule has 0 unspecified atom stereocenters. The second-order valence-corrected chi connectivity index (χ2v) is 10.9. The molecule has 1 aromatic rings. The van der Waals surface area contributed by atoms with Gasteiger partial charge < -0.3 is 0 Å². The van der Waals surface area contributed by atoms with Gasteiger partial charge in [-0.3, -0.25) is 4.39 Å². The molecule has 0 aliphatic heterocycles. The van der Waals surface area contributed by atoms with Crippen molar-refractivity contribution in [1.29, 1.82) is 0 Å². The Morgan fingerprint density at radius 2 is 1.48 bits per heavy atom. The fraction of sp³-hybridized carbons (Fsp3) is 0.714. The fourth-order valence-corrected chi connectivity index (χ4v) is 7.03. The Morgan fingerprint density at radius 1 is 0.889 bits per heavy atom. The lowest BCUT2D eigenvalue weighted by Gasteiger charge is -2.38. The smallest absolute Gasteiger partial charge is 0.251 e. The van der Waals surface area contributed by atoms with Crippen LogP contribution in [0.3, 0.4) is 0 Å². The molecule has 0 saturated heterocycles. The van der Waals surface area contributed by atoms with Crippen LogP contribution < -0.4 is 0 Å². The summed E-state index contributed by atoms with van der Waals surface area (Å²) in [5.74, 6) is 0.472. The first-order valence-corrected chi connectivity index (χ1v) is 12.1. The maximum atomic E-state index is 13.9. The molecule has 3 rings (SSSR count). The van der Waals surface area contributed by atoms with Crippen LogP contribution in [0.4, 0.5) is 22.0 Å². The molecule has 152 valence electrons. The minimum Gasteiger partial charge on any atom is -0.251 e. The van der Waals surface area contributed by atoms with Crippen molar-refractivity contribution in [2.75, 3.05) is 6.67 Å². The highest BCUT2D eigenvalue weighted by Crippen LogP contribution is 2.45. The number of halogens is 5. The third-order valence-electron chi connectivity index (χ3n) is 6.85. The number of rotatable bonds is 5. The molecule has 2 saturated carbocycles. The molecule has 0 amide bonds. The van der Waals surface area contributed by atoms with Crippen molar-refractivity contribution in [3.8, 4) is 0 Å². The zero-order valence-corrected chi connectivity index (χ0v) is 17.1. The van der Waals surface area contributed by atoms with Crippen molar-refractivity contribution >= 4 is 9.52 Å². The maximum Gasteiger partial charge on any atom is 0.419 e. The molecule has 0 nitrogen and oxygen atoms in total. The van der Waals surface area contributed by atoms with Crippen LogP contribution >= 0.6 is 0 Å². The fourth-order valence-electron chi connectivity index (χ4n) is 5.25. The number of benzene rings is 1. The Bertz CT molecular complexity index is 599. The lowest BCUT2D eigenvalue weighted by molar-refractivity contribution is -0.140. The Balaban J connectivity index is 1.50. The van der Waals surface area contributed by atoms with Crippen LogP contribution in [0.15, 0.2) is 18.2 Å². The molecular weight excluding hydrogens is 375 g/mol. The van der Waals surface area contributed by atoms with E-state index in [1.165, 1.54) is 31.7 Å². The van der Waals surface area contributed by atoms with E-state index in [1.54, 1.807) is 0 Å². The maximum absolute atomic E-state index is 13.9. The van der Waals surface area contributed by atoms with E-state index in [-0.39, 0.29) is 22.1 Å². The molecule has 27 heavy (non-hydrogen) atoms. The third-order valence-corrected chi connectivity index (χ3v) is 9.15. The van der Waals surface area contributed by atoms with Crippen LogP contribution in [-0.4, -0.2) is 16.2 Å². The van der Waals surface area contributed by atoms with Gasteiger partial charge in [0.05, 0.1) is 12.2 Å². The van der Waals surface area contributed by atoms with Gasteiger partial charge in [0.1, 0.15) is 5.82 Å². The Hall–Kier alpha value is -0.913. The van der Waals surface area contributed by atoms with Crippen molar-refractivity contribution in [3.63, 3.8) is 0 Å². The highest BCUT2D eigenvalue weighted by molar-refractivity contribution is 6.37. The molecule has 2 fully saturated rings. The Kier molecular flexibility index (Phi) is 6.98. The normalized spacial score (nSPS) is 30.1. The molecule has 0 radical (unpaired) electrons. The van der Waals surface area contributed by atoms with Gasteiger partial charge in [0, 0.05) is 9.52 Å². The summed E-state index contributed by atoms with van der Waals surface area (Å²) in [6.07, 6.45) is 4.46. The van der Waals surface area contributed by atoms with Crippen LogP contribution in [-0.2, 0) is 6.18 Å². The van der Waals surface area contributed by atoms with Gasteiger partial charge in [0.25, 0.3) is 0 Å². The predicted molar refractivity (Wildman–Crippen MR) is 101 cm³/mol. The molecule has 0 N–H and O–H groups in total. The van der Waals surface area contributed by atoms with E-state index in [0.717, 1.165) is 55.3 Å². The first-order valence-electron chi connectivity index (χ1n) is 10.3. The molecule has 2 aliphatic carbocycles. The number of hydrogen-bond acceptors (Lipinski definition) is 0. The van der Waals surface area contributed by atoms with Crippen LogP contribution in [0.25, 0.3) is 0 Å². The second-order valence-electron chi connectivity index (χ2n) is 8.46. The van der Waals surface area contributed by atoms with Gasteiger partial charge in [0.2, 0.25) is 0 Å². The molecule has 0 bridgehead atoms. The third kappa shape index (κ3) is 5.33. The molecule has 0 atom stereocenters. The van der Waals surface area contributed by atoms with Gasteiger partial charge in [0.15, 0.2) is 0 Å². The van der Waals surface area contributed by atoms with Gasteiger partial charge in [-0.15, -0.1) is 0 Å². The van der Waals surface area contributed by atoms with Crippen molar-refractivity contribution < 1.29 is 22.0 Å². The van der Waals surface area contributed by atoms with Crippen molar-refractivity contribution in [2.24, 2.45) is 11.8 Å². The van der Waals surface area contributed by atoms with Gasteiger partial charge in [-0.05, 0) is 67.2 Å². The first kappa shape index (κ1) is 20.8. The van der Waals surface area contributed by atoms with E-state index in [0.29, 0.717) is 11.5 Å². The molecule has 6 heteroatoms. The minimum absolute atomic E-state index is 0.152. The van der Waals surface area contributed by atoms with Crippen molar-refractivity contribution in [2.45, 2.75) is 75.0 Å². The van der Waals surface area contributed by atoms with E-state index >= 15 is 0 Å². The highest BCUT2D eigenvalue weighted by atomic mass is 28.2. The lowest BCUT2D eigenvalue weighted by atomic mass is 9.70. The predicted octanol–water partition coefficient (Wildman–Crippen LogP) is 6.65. The summed E-state index contributed by atoms with van der Waals surface area (Å²) in [5.41, 5.74) is 0.358. The van der Waals surface area contributed by atoms with Crippen LogP contribution in [0.2, 0.25) is 11.6 Å². The van der Waals surface area contributed by atoms with Crippen LogP contribution in [0.5, 0.6) is 0 Å². The largest absolute Gasteiger partial charge is 0.419 e. The summed E-state index contributed by atoms with van der Waals surface area (Å²) >= 11 is 0. The topological polar surface area (TPSA) is 0 Å². The quantitative estimate of drug-likeness (QED) is 0.380. The van der Waals surface area contributed by atoms with Gasteiger partial charge in [-0.2, -0.15) is 13.2 Å². The zero-order valence-electron chi connectivity index (χ0n) is 15.7. The van der Waals surface area contributed by atoms with E-state index < -0.39 is 17.6 Å². The zero-order chi connectivity index (χ0) is 19.4. The highest BCUT2D eigenvalue weighted by Gasteiger charge is 2.35. The number of hydrogen-bond donors (Lipinski definition) is 0. The molecule has 0 aromatic heterocycles. The second kappa shape index (κ2) is 9.06. The van der Waals surface area contributed by atoms with E-state index in [1.807, 2.05) is 0 Å². The summed E-state index contributed by atoms with van der Waals surface area (Å²) in [7, 11) is -0.237. The lowest BCUT2D eigenvalue weighted by Crippen LogP contribution is -2.25. The first-order chi connectivity index (χ1) is 12.9.